The van der Waals surface area contributed by atoms with Gasteiger partial charge in [0.25, 0.3) is 0 Å². The Hall–Kier alpha value is -2.57. The van der Waals surface area contributed by atoms with Crippen LogP contribution in [-0.2, 0) is 4.79 Å². The standard InChI is InChI=1S/C14H18N4O3/c19-12-6-2-1-5-11(12)9-16-17-14(21)15-10-13(20)18-7-3-4-8-18/h1-2,5-6,9,19H,3-4,7-8,10H2,(H2,15,17,21). The summed E-state index contributed by atoms with van der Waals surface area (Å²) in [6, 6.07) is 6.06. The summed E-state index contributed by atoms with van der Waals surface area (Å²) >= 11 is 0. The van der Waals surface area contributed by atoms with Crippen molar-refractivity contribution < 1.29 is 14.7 Å². The molecule has 0 spiro atoms. The molecular weight excluding hydrogens is 272 g/mol. The van der Waals surface area contributed by atoms with Crippen molar-refractivity contribution in [2.24, 2.45) is 5.10 Å². The monoisotopic (exact) mass is 290 g/mol. The lowest BCUT2D eigenvalue weighted by Gasteiger charge is -2.15. The lowest BCUT2D eigenvalue weighted by molar-refractivity contribution is -0.128. The molecule has 0 aromatic heterocycles. The number of urea groups is 1. The number of carbonyl (C=O) groups excluding carboxylic acids is 2. The van der Waals surface area contributed by atoms with E-state index in [4.69, 9.17) is 0 Å². The van der Waals surface area contributed by atoms with Crippen molar-refractivity contribution in [1.82, 2.24) is 15.6 Å². The predicted molar refractivity (Wildman–Crippen MR) is 78.0 cm³/mol. The van der Waals surface area contributed by atoms with E-state index in [1.807, 2.05) is 0 Å². The van der Waals surface area contributed by atoms with Gasteiger partial charge in [-0.1, -0.05) is 12.1 Å². The minimum atomic E-state index is -0.561. The zero-order chi connectivity index (χ0) is 15.1. The van der Waals surface area contributed by atoms with Gasteiger partial charge in [-0.3, -0.25) is 4.79 Å². The fourth-order valence-electron chi connectivity index (χ4n) is 2.03. The smallest absolute Gasteiger partial charge is 0.335 e. The molecular formula is C14H18N4O3. The topological polar surface area (TPSA) is 94.0 Å². The predicted octanol–water partition coefficient (Wildman–Crippen LogP) is 0.648. The molecule has 1 saturated heterocycles. The molecule has 1 aliphatic rings. The number of nitrogens with zero attached hydrogens (tertiary/aromatic N) is 2. The van der Waals surface area contributed by atoms with Gasteiger partial charge in [-0.15, -0.1) is 0 Å². The second kappa shape index (κ2) is 7.28. The Bertz CT molecular complexity index is 539. The van der Waals surface area contributed by atoms with Crippen LogP contribution in [0.25, 0.3) is 0 Å². The number of nitrogens with one attached hydrogen (secondary N) is 2. The van der Waals surface area contributed by atoms with E-state index in [1.54, 1.807) is 23.1 Å². The minimum absolute atomic E-state index is 0.0437. The molecule has 0 aliphatic carbocycles. The van der Waals surface area contributed by atoms with E-state index in [0.29, 0.717) is 5.56 Å². The summed E-state index contributed by atoms with van der Waals surface area (Å²) in [6.45, 7) is 1.47. The number of hydrogen-bond donors (Lipinski definition) is 3. The van der Waals surface area contributed by atoms with Crippen molar-refractivity contribution in [3.8, 4) is 5.75 Å². The highest BCUT2D eigenvalue weighted by atomic mass is 16.3. The zero-order valence-electron chi connectivity index (χ0n) is 11.6. The third-order valence-electron chi connectivity index (χ3n) is 3.17. The molecule has 1 aromatic carbocycles. The Morgan fingerprint density at radius 2 is 2.00 bits per heavy atom. The van der Waals surface area contributed by atoms with E-state index in [2.05, 4.69) is 15.8 Å². The molecule has 0 saturated carbocycles. The highest BCUT2D eigenvalue weighted by Gasteiger charge is 2.17. The number of aromatic hydroxyl groups is 1. The van der Waals surface area contributed by atoms with Crippen LogP contribution in [-0.4, -0.2) is 47.8 Å². The maximum Gasteiger partial charge on any atom is 0.335 e. The number of phenols is 1. The van der Waals surface area contributed by atoms with E-state index >= 15 is 0 Å². The number of likely N-dealkylation sites (tertiary alicyclic amines) is 1. The van der Waals surface area contributed by atoms with Gasteiger partial charge in [0.1, 0.15) is 5.75 Å². The van der Waals surface area contributed by atoms with Crippen LogP contribution < -0.4 is 10.7 Å². The van der Waals surface area contributed by atoms with E-state index in [-0.39, 0.29) is 18.2 Å². The van der Waals surface area contributed by atoms with Crippen molar-refractivity contribution in [2.45, 2.75) is 12.8 Å². The first-order valence-electron chi connectivity index (χ1n) is 6.79. The van der Waals surface area contributed by atoms with Crippen LogP contribution >= 0.6 is 0 Å². The second-order valence-electron chi connectivity index (χ2n) is 4.70. The summed E-state index contributed by atoms with van der Waals surface area (Å²) < 4.78 is 0. The summed E-state index contributed by atoms with van der Waals surface area (Å²) in [6.07, 6.45) is 3.36. The van der Waals surface area contributed by atoms with Crippen LogP contribution in [0.5, 0.6) is 5.75 Å². The summed E-state index contributed by atoms with van der Waals surface area (Å²) in [5, 5.41) is 15.7. The molecule has 1 fully saturated rings. The average Bonchev–Trinajstić information content (AvgIpc) is 3.01. The Labute approximate surface area is 122 Å². The normalized spacial score (nSPS) is 14.4. The summed E-state index contributed by atoms with van der Waals surface area (Å²) in [7, 11) is 0. The number of phenolic OH excluding ortho intramolecular Hbond substituents is 1. The third kappa shape index (κ3) is 4.48. The molecule has 1 heterocycles. The van der Waals surface area contributed by atoms with Gasteiger partial charge in [0.15, 0.2) is 0 Å². The number of hydrogen-bond acceptors (Lipinski definition) is 4. The molecule has 7 heteroatoms. The van der Waals surface area contributed by atoms with Crippen molar-refractivity contribution in [3.63, 3.8) is 0 Å². The molecule has 2 rings (SSSR count). The minimum Gasteiger partial charge on any atom is -0.507 e. The van der Waals surface area contributed by atoms with Gasteiger partial charge in [0, 0.05) is 18.7 Å². The SMILES string of the molecule is O=C(NCC(=O)N1CCCC1)NN=Cc1ccccc1O. The number of rotatable bonds is 4. The van der Waals surface area contributed by atoms with Crippen LogP contribution in [0, 0.1) is 0 Å². The highest BCUT2D eigenvalue weighted by molar-refractivity contribution is 5.86. The third-order valence-corrected chi connectivity index (χ3v) is 3.17. The van der Waals surface area contributed by atoms with E-state index in [0.717, 1.165) is 25.9 Å². The van der Waals surface area contributed by atoms with Crippen molar-refractivity contribution in [1.29, 1.82) is 0 Å². The van der Waals surface area contributed by atoms with Crippen LogP contribution in [0.2, 0.25) is 0 Å². The lowest BCUT2D eigenvalue weighted by Crippen LogP contribution is -2.41. The van der Waals surface area contributed by atoms with Gasteiger partial charge in [0.2, 0.25) is 5.91 Å². The van der Waals surface area contributed by atoms with E-state index in [9.17, 15) is 14.7 Å². The van der Waals surface area contributed by atoms with Crippen molar-refractivity contribution >= 4 is 18.2 Å². The molecule has 1 aliphatic heterocycles. The lowest BCUT2D eigenvalue weighted by atomic mass is 10.2. The molecule has 7 nitrogen and oxygen atoms in total. The number of para-hydroxylation sites is 1. The van der Waals surface area contributed by atoms with Crippen LogP contribution in [0.1, 0.15) is 18.4 Å². The van der Waals surface area contributed by atoms with Gasteiger partial charge in [-0.2, -0.15) is 5.10 Å². The molecule has 0 unspecified atom stereocenters. The molecule has 3 amide bonds. The molecule has 0 bridgehead atoms. The zero-order valence-corrected chi connectivity index (χ0v) is 11.6. The van der Waals surface area contributed by atoms with Gasteiger partial charge < -0.3 is 15.3 Å². The molecule has 112 valence electrons. The average molecular weight is 290 g/mol. The Balaban J connectivity index is 1.72. The van der Waals surface area contributed by atoms with Gasteiger partial charge in [-0.05, 0) is 25.0 Å². The Kier molecular flexibility index (Phi) is 5.14. The Morgan fingerprint density at radius 3 is 2.71 bits per heavy atom. The summed E-state index contributed by atoms with van der Waals surface area (Å²) in [5.41, 5.74) is 2.73. The molecule has 0 radical (unpaired) electrons. The van der Waals surface area contributed by atoms with Gasteiger partial charge in [0.05, 0.1) is 12.8 Å². The van der Waals surface area contributed by atoms with Crippen molar-refractivity contribution in [3.05, 3.63) is 29.8 Å². The summed E-state index contributed by atoms with van der Waals surface area (Å²) in [4.78, 5) is 24.9. The van der Waals surface area contributed by atoms with E-state index < -0.39 is 6.03 Å². The van der Waals surface area contributed by atoms with Crippen LogP contribution in [0.3, 0.4) is 0 Å². The summed E-state index contributed by atoms with van der Waals surface area (Å²) in [5.74, 6) is -0.0139. The first kappa shape index (κ1) is 14.8. The largest absolute Gasteiger partial charge is 0.507 e. The fourth-order valence-corrected chi connectivity index (χ4v) is 2.03. The first-order valence-corrected chi connectivity index (χ1v) is 6.79. The fraction of sp³-hybridized carbons (Fsp3) is 0.357. The quantitative estimate of drug-likeness (QED) is 0.561. The van der Waals surface area contributed by atoms with E-state index in [1.165, 1.54) is 12.3 Å². The highest BCUT2D eigenvalue weighted by Crippen LogP contribution is 2.12. The van der Waals surface area contributed by atoms with Gasteiger partial charge in [-0.25, -0.2) is 10.2 Å². The Morgan fingerprint density at radius 1 is 1.29 bits per heavy atom. The number of amides is 3. The second-order valence-corrected chi connectivity index (χ2v) is 4.70. The maximum atomic E-state index is 11.7. The molecule has 21 heavy (non-hydrogen) atoms. The maximum absolute atomic E-state index is 11.7. The first-order chi connectivity index (χ1) is 10.2. The number of hydrazone groups is 1. The molecule has 1 aromatic rings. The molecule has 3 N–H and O–H groups in total. The molecule has 0 atom stereocenters. The van der Waals surface area contributed by atoms with Crippen LogP contribution in [0.4, 0.5) is 4.79 Å². The van der Waals surface area contributed by atoms with Gasteiger partial charge >= 0.3 is 6.03 Å². The number of carbonyl (C=O) groups is 2. The van der Waals surface area contributed by atoms with Crippen LogP contribution in [0.15, 0.2) is 29.4 Å². The number of benzene rings is 1. The van der Waals surface area contributed by atoms with Crippen molar-refractivity contribution in [2.75, 3.05) is 19.6 Å².